The Hall–Kier alpha value is -3.42. The van der Waals surface area contributed by atoms with Crippen LogP contribution < -0.4 is 14.8 Å². The van der Waals surface area contributed by atoms with Crippen molar-refractivity contribution in [1.82, 2.24) is 10.2 Å². The fraction of sp³-hybridized carbons (Fsp3) is 0.296. The predicted octanol–water partition coefficient (Wildman–Crippen LogP) is 4.09. The molecule has 1 saturated heterocycles. The summed E-state index contributed by atoms with van der Waals surface area (Å²) in [5.41, 5.74) is 1.41. The van der Waals surface area contributed by atoms with Gasteiger partial charge in [0.05, 0.1) is 24.8 Å². The minimum Gasteiger partial charge on any atom is -0.490 e. The first-order valence-electron chi connectivity index (χ1n) is 11.5. The summed E-state index contributed by atoms with van der Waals surface area (Å²) in [6.07, 6.45) is 0. The summed E-state index contributed by atoms with van der Waals surface area (Å²) >= 11 is 0. The molecule has 3 aromatic carbocycles. The number of nitrogens with one attached hydrogen (secondary N) is 1. The normalized spacial score (nSPS) is 14.9. The third-order valence-corrected chi connectivity index (χ3v) is 5.68. The molecule has 4 rings (SSSR count). The highest BCUT2D eigenvalue weighted by Gasteiger charge is 2.24. The first kappa shape index (κ1) is 23.7. The lowest BCUT2D eigenvalue weighted by Gasteiger charge is -2.35. The van der Waals surface area contributed by atoms with Crippen LogP contribution >= 0.6 is 0 Å². The van der Waals surface area contributed by atoms with Gasteiger partial charge in [-0.15, -0.1) is 0 Å². The average molecular weight is 465 g/mol. The van der Waals surface area contributed by atoms with Gasteiger partial charge in [-0.25, -0.2) is 4.39 Å². The number of carbonyl (C=O) groups excluding carboxylic acids is 1. The van der Waals surface area contributed by atoms with Gasteiger partial charge in [0.15, 0.2) is 0 Å². The minimum atomic E-state index is -0.282. The fourth-order valence-corrected chi connectivity index (χ4v) is 3.92. The smallest absolute Gasteiger partial charge is 0.255 e. The Bertz CT molecular complexity index is 1040. The highest BCUT2D eigenvalue weighted by molar-refractivity contribution is 5.96. The molecule has 0 bridgehead atoms. The zero-order chi connectivity index (χ0) is 23.6. The number of amides is 1. The number of carbonyl (C=O) groups is 1. The highest BCUT2D eigenvalue weighted by Crippen LogP contribution is 2.23. The van der Waals surface area contributed by atoms with Crippen LogP contribution in [0.1, 0.15) is 22.0 Å². The molecule has 1 unspecified atom stereocenters. The predicted molar refractivity (Wildman–Crippen MR) is 128 cm³/mol. The second-order valence-corrected chi connectivity index (χ2v) is 7.93. The zero-order valence-electron chi connectivity index (χ0n) is 19.0. The maximum atomic E-state index is 13.5. The largest absolute Gasteiger partial charge is 0.490 e. The van der Waals surface area contributed by atoms with Crippen molar-refractivity contribution >= 4 is 5.91 Å². The maximum Gasteiger partial charge on any atom is 0.255 e. The summed E-state index contributed by atoms with van der Waals surface area (Å²) in [4.78, 5) is 15.3. The van der Waals surface area contributed by atoms with Gasteiger partial charge in [0.1, 0.15) is 30.5 Å². The Labute approximate surface area is 199 Å². The van der Waals surface area contributed by atoms with Gasteiger partial charge in [-0.2, -0.15) is 0 Å². The van der Waals surface area contributed by atoms with E-state index in [1.54, 1.807) is 24.3 Å². The van der Waals surface area contributed by atoms with Crippen molar-refractivity contribution in [2.24, 2.45) is 0 Å². The van der Waals surface area contributed by atoms with Gasteiger partial charge in [-0.1, -0.05) is 42.5 Å². The van der Waals surface area contributed by atoms with Crippen LogP contribution in [-0.4, -0.2) is 56.9 Å². The van der Waals surface area contributed by atoms with Gasteiger partial charge < -0.3 is 19.5 Å². The van der Waals surface area contributed by atoms with Crippen molar-refractivity contribution < 1.29 is 23.4 Å². The molecule has 178 valence electrons. The molecule has 1 aliphatic heterocycles. The minimum absolute atomic E-state index is 0.0826. The van der Waals surface area contributed by atoms with Crippen molar-refractivity contribution in [2.75, 3.05) is 46.1 Å². The average Bonchev–Trinajstić information content (AvgIpc) is 2.89. The van der Waals surface area contributed by atoms with Crippen molar-refractivity contribution in [3.05, 3.63) is 95.8 Å². The van der Waals surface area contributed by atoms with Crippen LogP contribution in [0, 0.1) is 5.82 Å². The molecule has 6 nitrogen and oxygen atoms in total. The first-order valence-corrected chi connectivity index (χ1v) is 11.5. The topological polar surface area (TPSA) is 60.0 Å². The van der Waals surface area contributed by atoms with Gasteiger partial charge in [-0.3, -0.25) is 9.69 Å². The van der Waals surface area contributed by atoms with Crippen molar-refractivity contribution in [2.45, 2.75) is 6.04 Å². The van der Waals surface area contributed by atoms with E-state index in [9.17, 15) is 9.18 Å². The summed E-state index contributed by atoms with van der Waals surface area (Å²) in [5.74, 6) is 0.768. The summed E-state index contributed by atoms with van der Waals surface area (Å²) in [7, 11) is 0. The van der Waals surface area contributed by atoms with E-state index in [1.165, 1.54) is 12.1 Å². The molecule has 34 heavy (non-hydrogen) atoms. The van der Waals surface area contributed by atoms with E-state index >= 15 is 0 Å². The number of morpholine rings is 1. The van der Waals surface area contributed by atoms with Crippen molar-refractivity contribution in [3.8, 4) is 11.5 Å². The third kappa shape index (κ3) is 6.56. The van der Waals surface area contributed by atoms with Crippen LogP contribution in [0.2, 0.25) is 0 Å². The van der Waals surface area contributed by atoms with E-state index in [4.69, 9.17) is 14.2 Å². The lowest BCUT2D eigenvalue weighted by atomic mass is 10.0. The molecule has 0 aromatic heterocycles. The SMILES string of the molecule is O=C(NCC(c1ccc(F)cc1)N1CCOCC1)c1ccccc1OCCOc1ccccc1. The Morgan fingerprint density at radius 3 is 2.35 bits per heavy atom. The molecule has 1 aliphatic rings. The summed E-state index contributed by atoms with van der Waals surface area (Å²) < 4.78 is 30.5. The lowest BCUT2D eigenvalue weighted by Crippen LogP contribution is -2.43. The van der Waals surface area contributed by atoms with Gasteiger partial charge in [0.2, 0.25) is 0 Å². The monoisotopic (exact) mass is 464 g/mol. The van der Waals surface area contributed by atoms with E-state index in [1.807, 2.05) is 42.5 Å². The molecular weight excluding hydrogens is 435 g/mol. The molecule has 1 heterocycles. The number of hydrogen-bond donors (Lipinski definition) is 1. The first-order chi connectivity index (χ1) is 16.7. The summed E-state index contributed by atoms with van der Waals surface area (Å²) in [6, 6.07) is 23.0. The molecule has 1 amide bonds. The Morgan fingerprint density at radius 2 is 1.59 bits per heavy atom. The molecule has 3 aromatic rings. The van der Waals surface area contributed by atoms with E-state index < -0.39 is 0 Å². The number of para-hydroxylation sites is 2. The van der Waals surface area contributed by atoms with Crippen LogP contribution in [0.5, 0.6) is 11.5 Å². The second-order valence-electron chi connectivity index (χ2n) is 7.93. The van der Waals surface area contributed by atoms with E-state index in [-0.39, 0.29) is 17.8 Å². The molecule has 1 atom stereocenters. The van der Waals surface area contributed by atoms with Gasteiger partial charge in [0.25, 0.3) is 5.91 Å². The quantitative estimate of drug-likeness (QED) is 0.458. The van der Waals surface area contributed by atoms with Gasteiger partial charge in [-0.05, 0) is 42.0 Å². The molecule has 0 radical (unpaired) electrons. The molecular formula is C27H29FN2O4. The number of benzene rings is 3. The molecule has 0 saturated carbocycles. The van der Waals surface area contributed by atoms with E-state index in [0.29, 0.717) is 44.3 Å². The van der Waals surface area contributed by atoms with Crippen LogP contribution in [0.3, 0.4) is 0 Å². The van der Waals surface area contributed by atoms with Crippen LogP contribution in [0.25, 0.3) is 0 Å². The van der Waals surface area contributed by atoms with Crippen LogP contribution in [0.15, 0.2) is 78.9 Å². The maximum absolute atomic E-state index is 13.5. The molecule has 1 fully saturated rings. The standard InChI is InChI=1S/C27H29FN2O4/c28-22-12-10-21(11-13-22)25(30-14-16-32-17-15-30)20-29-27(31)24-8-4-5-9-26(24)34-19-18-33-23-6-2-1-3-7-23/h1-13,25H,14-20H2,(H,29,31). The Kier molecular flexibility index (Phi) is 8.48. The third-order valence-electron chi connectivity index (χ3n) is 5.68. The number of hydrogen-bond acceptors (Lipinski definition) is 5. The number of rotatable bonds is 10. The number of ether oxygens (including phenoxy) is 3. The molecule has 0 spiro atoms. The van der Waals surface area contributed by atoms with Gasteiger partial charge in [0, 0.05) is 19.6 Å². The van der Waals surface area contributed by atoms with Crippen LogP contribution in [-0.2, 0) is 4.74 Å². The van der Waals surface area contributed by atoms with Crippen LogP contribution in [0.4, 0.5) is 4.39 Å². The van der Waals surface area contributed by atoms with Gasteiger partial charge >= 0.3 is 0 Å². The molecule has 1 N–H and O–H groups in total. The fourth-order valence-electron chi connectivity index (χ4n) is 3.92. The molecule has 7 heteroatoms. The molecule has 0 aliphatic carbocycles. The Morgan fingerprint density at radius 1 is 0.912 bits per heavy atom. The number of nitrogens with zero attached hydrogens (tertiary/aromatic N) is 1. The van der Waals surface area contributed by atoms with Crippen molar-refractivity contribution in [1.29, 1.82) is 0 Å². The second kappa shape index (κ2) is 12.2. The highest BCUT2D eigenvalue weighted by atomic mass is 19.1. The Balaban J connectivity index is 1.37. The summed E-state index contributed by atoms with van der Waals surface area (Å²) in [5, 5.41) is 3.04. The number of halogens is 1. The van der Waals surface area contributed by atoms with Crippen molar-refractivity contribution in [3.63, 3.8) is 0 Å². The van der Waals surface area contributed by atoms with E-state index in [0.717, 1.165) is 24.4 Å². The zero-order valence-corrected chi connectivity index (χ0v) is 19.0. The summed E-state index contributed by atoms with van der Waals surface area (Å²) in [6.45, 7) is 3.82. The lowest BCUT2D eigenvalue weighted by molar-refractivity contribution is 0.0162. The van der Waals surface area contributed by atoms with E-state index in [2.05, 4.69) is 10.2 Å².